The molecule has 8 nitrogen and oxygen atoms in total. The Morgan fingerprint density at radius 3 is 3.17 bits per heavy atom. The highest BCUT2D eigenvalue weighted by Gasteiger charge is 2.25. The average Bonchev–Trinajstić information content (AvgIpc) is 3.35. The van der Waals surface area contributed by atoms with Crippen LogP contribution < -0.4 is 5.32 Å². The predicted molar refractivity (Wildman–Crippen MR) is 109 cm³/mol. The third-order valence-electron chi connectivity index (χ3n) is 5.52. The van der Waals surface area contributed by atoms with E-state index in [9.17, 15) is 4.79 Å². The molecule has 8 heteroatoms. The second-order valence-corrected chi connectivity index (χ2v) is 7.76. The van der Waals surface area contributed by atoms with Crippen molar-refractivity contribution in [3.05, 3.63) is 48.2 Å². The standard InChI is InChI=1S/C21H22N6O2/c1-13-2-4-14(5-3-13)20-22-9-15-10-24-27(21(15)26-20)11-19(28)25-16-6-7-18-17(8-16)23-12-29-18/h4,6-10,12-13,17-18H,2-3,5,11H2,1H3,(H,25,28). The molecule has 0 radical (unpaired) electrons. The van der Waals surface area contributed by atoms with Crippen molar-refractivity contribution < 1.29 is 9.53 Å². The van der Waals surface area contributed by atoms with E-state index in [0.717, 1.165) is 30.5 Å². The van der Waals surface area contributed by atoms with Crippen LogP contribution in [0.4, 0.5) is 0 Å². The summed E-state index contributed by atoms with van der Waals surface area (Å²) >= 11 is 0. The number of nitrogens with one attached hydrogen (secondary N) is 1. The van der Waals surface area contributed by atoms with Gasteiger partial charge < -0.3 is 10.1 Å². The lowest BCUT2D eigenvalue weighted by Gasteiger charge is -2.17. The van der Waals surface area contributed by atoms with E-state index in [2.05, 4.69) is 33.4 Å². The van der Waals surface area contributed by atoms with Gasteiger partial charge in [-0.1, -0.05) is 13.0 Å². The molecule has 0 aromatic carbocycles. The maximum absolute atomic E-state index is 12.6. The summed E-state index contributed by atoms with van der Waals surface area (Å²) in [6, 6.07) is -0.0809. The number of hydrogen-bond donors (Lipinski definition) is 1. The number of amides is 1. The Kier molecular flexibility index (Phi) is 4.46. The SMILES string of the molecule is CC1CC=C(c2ncc3cnn(CC(=O)NC4=CC5N=COC5C=C4)c3n2)CC1. The van der Waals surface area contributed by atoms with Gasteiger partial charge in [0.05, 0.1) is 11.6 Å². The molecule has 3 atom stereocenters. The van der Waals surface area contributed by atoms with E-state index >= 15 is 0 Å². The first-order chi connectivity index (χ1) is 14.2. The van der Waals surface area contributed by atoms with Crippen LogP contribution in [-0.4, -0.2) is 44.2 Å². The molecule has 0 fully saturated rings. The molecule has 3 aliphatic rings. The molecule has 0 saturated carbocycles. The summed E-state index contributed by atoms with van der Waals surface area (Å²) in [7, 11) is 0. The minimum Gasteiger partial charge on any atom is -0.474 e. The average molecular weight is 390 g/mol. The van der Waals surface area contributed by atoms with Gasteiger partial charge in [-0.15, -0.1) is 0 Å². The topological polar surface area (TPSA) is 94.3 Å². The van der Waals surface area contributed by atoms with E-state index < -0.39 is 0 Å². The van der Waals surface area contributed by atoms with Crippen LogP contribution >= 0.6 is 0 Å². The zero-order valence-corrected chi connectivity index (χ0v) is 16.2. The molecule has 2 aliphatic carbocycles. The number of carbonyl (C=O) groups is 1. The van der Waals surface area contributed by atoms with Crippen molar-refractivity contribution in [2.24, 2.45) is 10.9 Å². The second kappa shape index (κ2) is 7.27. The zero-order valence-electron chi connectivity index (χ0n) is 16.2. The van der Waals surface area contributed by atoms with Gasteiger partial charge in [-0.25, -0.2) is 19.6 Å². The number of allylic oxidation sites excluding steroid dienone is 3. The Bertz CT molecular complexity index is 1080. The minimum atomic E-state index is -0.168. The van der Waals surface area contributed by atoms with Gasteiger partial charge in [0.2, 0.25) is 5.91 Å². The first-order valence-corrected chi connectivity index (χ1v) is 9.90. The molecule has 2 aromatic heterocycles. The molecule has 2 aromatic rings. The molecule has 1 amide bonds. The highest BCUT2D eigenvalue weighted by molar-refractivity contribution is 5.81. The largest absolute Gasteiger partial charge is 0.474 e. The summed E-state index contributed by atoms with van der Waals surface area (Å²) in [5.41, 5.74) is 2.56. The van der Waals surface area contributed by atoms with E-state index in [1.807, 2.05) is 18.2 Å². The number of carbonyl (C=O) groups excluding carboxylic acids is 1. The lowest BCUT2D eigenvalue weighted by Crippen LogP contribution is -2.30. The highest BCUT2D eigenvalue weighted by Crippen LogP contribution is 2.28. The summed E-state index contributed by atoms with van der Waals surface area (Å²) in [5, 5.41) is 8.06. The van der Waals surface area contributed by atoms with Gasteiger partial charge in [0.15, 0.2) is 17.9 Å². The van der Waals surface area contributed by atoms with Crippen molar-refractivity contribution in [2.45, 2.75) is 44.9 Å². The van der Waals surface area contributed by atoms with Crippen LogP contribution in [-0.2, 0) is 16.1 Å². The normalized spacial score (nSPS) is 25.3. The quantitative estimate of drug-likeness (QED) is 0.865. The summed E-state index contributed by atoms with van der Waals surface area (Å²) in [4.78, 5) is 26.0. The predicted octanol–water partition coefficient (Wildman–Crippen LogP) is 2.40. The Labute approximate surface area is 168 Å². The number of hydrogen-bond acceptors (Lipinski definition) is 6. The monoisotopic (exact) mass is 390 g/mol. The number of aliphatic imine (C=N–C) groups is 1. The number of rotatable bonds is 4. The first kappa shape index (κ1) is 17.8. The maximum Gasteiger partial charge on any atom is 0.246 e. The van der Waals surface area contributed by atoms with Crippen LogP contribution in [0.2, 0.25) is 0 Å². The molecule has 3 unspecified atom stereocenters. The molecule has 5 rings (SSSR count). The summed E-state index contributed by atoms with van der Waals surface area (Å²) in [6.07, 6.45) is 15.9. The Hall–Kier alpha value is -3.29. The maximum atomic E-state index is 12.6. The smallest absolute Gasteiger partial charge is 0.246 e. The molecule has 0 spiro atoms. The second-order valence-electron chi connectivity index (χ2n) is 7.76. The molecule has 3 heterocycles. The number of nitrogens with zero attached hydrogens (tertiary/aromatic N) is 5. The van der Waals surface area contributed by atoms with Crippen LogP contribution in [0.15, 0.2) is 47.4 Å². The Balaban J connectivity index is 1.32. The van der Waals surface area contributed by atoms with Crippen molar-refractivity contribution >= 4 is 28.9 Å². The van der Waals surface area contributed by atoms with Crippen molar-refractivity contribution in [3.63, 3.8) is 0 Å². The van der Waals surface area contributed by atoms with Crippen LogP contribution in [0.1, 0.15) is 32.0 Å². The van der Waals surface area contributed by atoms with Crippen molar-refractivity contribution in [1.29, 1.82) is 0 Å². The molecule has 0 saturated heterocycles. The number of ether oxygens (including phenoxy) is 1. The molecule has 29 heavy (non-hydrogen) atoms. The van der Waals surface area contributed by atoms with Gasteiger partial charge in [-0.3, -0.25) is 4.79 Å². The number of fused-ring (bicyclic) bond motifs is 2. The van der Waals surface area contributed by atoms with Crippen LogP contribution in [0.3, 0.4) is 0 Å². The van der Waals surface area contributed by atoms with Gasteiger partial charge in [-0.05, 0) is 49.0 Å². The van der Waals surface area contributed by atoms with E-state index in [1.54, 1.807) is 17.1 Å². The summed E-state index contributed by atoms with van der Waals surface area (Å²) < 4.78 is 6.96. The fourth-order valence-electron chi connectivity index (χ4n) is 3.80. The van der Waals surface area contributed by atoms with Crippen molar-refractivity contribution in [1.82, 2.24) is 25.1 Å². The summed E-state index contributed by atoms with van der Waals surface area (Å²) in [5.74, 6) is 1.27. The summed E-state index contributed by atoms with van der Waals surface area (Å²) in [6.45, 7) is 2.34. The molecule has 1 aliphatic heterocycles. The van der Waals surface area contributed by atoms with E-state index in [1.165, 1.54) is 12.0 Å². The third kappa shape index (κ3) is 3.57. The minimum absolute atomic E-state index is 0.0714. The van der Waals surface area contributed by atoms with Gasteiger partial charge in [0.25, 0.3) is 0 Å². The van der Waals surface area contributed by atoms with Crippen LogP contribution in [0.25, 0.3) is 16.6 Å². The lowest BCUT2D eigenvalue weighted by molar-refractivity contribution is -0.121. The van der Waals surface area contributed by atoms with Gasteiger partial charge in [0, 0.05) is 11.9 Å². The van der Waals surface area contributed by atoms with Gasteiger partial charge in [0.1, 0.15) is 18.7 Å². The van der Waals surface area contributed by atoms with Gasteiger partial charge in [-0.2, -0.15) is 5.10 Å². The third-order valence-corrected chi connectivity index (χ3v) is 5.52. The van der Waals surface area contributed by atoms with Gasteiger partial charge >= 0.3 is 0 Å². The van der Waals surface area contributed by atoms with Crippen molar-refractivity contribution in [3.8, 4) is 0 Å². The fraction of sp³-hybridized carbons (Fsp3) is 0.381. The van der Waals surface area contributed by atoms with E-state index in [-0.39, 0.29) is 24.6 Å². The van der Waals surface area contributed by atoms with Crippen LogP contribution in [0, 0.1) is 5.92 Å². The molecule has 0 bridgehead atoms. The highest BCUT2D eigenvalue weighted by atomic mass is 16.5. The zero-order chi connectivity index (χ0) is 19.8. The van der Waals surface area contributed by atoms with Crippen LogP contribution in [0.5, 0.6) is 0 Å². The molecular formula is C21H22N6O2. The first-order valence-electron chi connectivity index (χ1n) is 9.90. The fourth-order valence-corrected chi connectivity index (χ4v) is 3.80. The van der Waals surface area contributed by atoms with E-state index in [4.69, 9.17) is 9.72 Å². The molecular weight excluding hydrogens is 368 g/mol. The molecule has 148 valence electrons. The number of aromatic nitrogens is 4. The van der Waals surface area contributed by atoms with Crippen molar-refractivity contribution in [2.75, 3.05) is 0 Å². The Morgan fingerprint density at radius 1 is 1.38 bits per heavy atom. The Morgan fingerprint density at radius 2 is 2.31 bits per heavy atom. The molecule has 1 N–H and O–H groups in total. The van der Waals surface area contributed by atoms with E-state index in [0.29, 0.717) is 17.3 Å². The lowest BCUT2D eigenvalue weighted by atomic mass is 9.91.